The van der Waals surface area contributed by atoms with Crippen molar-refractivity contribution in [3.05, 3.63) is 57.6 Å². The fraction of sp³-hybridized carbons (Fsp3) is 0.455. The lowest BCUT2D eigenvalue weighted by molar-refractivity contribution is 0.0374. The third-order valence-corrected chi connectivity index (χ3v) is 5.50. The van der Waals surface area contributed by atoms with Crippen LogP contribution in [0.15, 0.2) is 36.4 Å². The number of ether oxygens (including phenoxy) is 3. The van der Waals surface area contributed by atoms with Gasteiger partial charge in [-0.2, -0.15) is 0 Å². The van der Waals surface area contributed by atoms with Crippen LogP contribution in [-0.2, 0) is 17.9 Å². The molecule has 9 heteroatoms. The van der Waals surface area contributed by atoms with Crippen LogP contribution in [0.25, 0.3) is 0 Å². The summed E-state index contributed by atoms with van der Waals surface area (Å²) in [6, 6.07) is 11.3. The number of rotatable bonds is 10. The largest absolute Gasteiger partial charge is 0.493 e. The maximum Gasteiger partial charge on any atom is 0.166 e. The van der Waals surface area contributed by atoms with Gasteiger partial charge in [0.15, 0.2) is 11.5 Å². The molecular weight excluding hydrogens is 482 g/mol. The SMILES string of the molecule is COc1cccc(CNCCCN2CCOCC2)c1OCc1ccc(Cl)cc1Cl.Cl.Cl. The topological polar surface area (TPSA) is 43.0 Å². The molecule has 0 atom stereocenters. The molecule has 1 heterocycles. The van der Waals surface area contributed by atoms with Crippen LogP contribution >= 0.6 is 48.0 Å². The van der Waals surface area contributed by atoms with Gasteiger partial charge in [0.1, 0.15) is 6.61 Å². The summed E-state index contributed by atoms with van der Waals surface area (Å²) in [6.07, 6.45) is 1.10. The van der Waals surface area contributed by atoms with Crippen molar-refractivity contribution in [3.8, 4) is 11.5 Å². The summed E-state index contributed by atoms with van der Waals surface area (Å²) in [7, 11) is 1.65. The lowest BCUT2D eigenvalue weighted by atomic mass is 10.1. The lowest BCUT2D eigenvalue weighted by Gasteiger charge is -2.26. The highest BCUT2D eigenvalue weighted by atomic mass is 35.5. The molecule has 0 amide bonds. The molecule has 1 aliphatic heterocycles. The average molecular weight is 512 g/mol. The first-order valence-corrected chi connectivity index (χ1v) is 10.7. The highest BCUT2D eigenvalue weighted by Crippen LogP contribution is 2.32. The fourth-order valence-corrected chi connectivity index (χ4v) is 3.75. The van der Waals surface area contributed by atoms with E-state index < -0.39 is 0 Å². The first-order chi connectivity index (χ1) is 14.2. The molecule has 3 rings (SSSR count). The van der Waals surface area contributed by atoms with Crippen LogP contribution in [0.5, 0.6) is 11.5 Å². The minimum Gasteiger partial charge on any atom is -0.493 e. The van der Waals surface area contributed by atoms with E-state index in [-0.39, 0.29) is 24.8 Å². The number of hydrogen-bond acceptors (Lipinski definition) is 5. The van der Waals surface area contributed by atoms with Gasteiger partial charge in [-0.05, 0) is 37.7 Å². The zero-order chi connectivity index (χ0) is 20.5. The van der Waals surface area contributed by atoms with Gasteiger partial charge in [-0.25, -0.2) is 0 Å². The van der Waals surface area contributed by atoms with Crippen molar-refractivity contribution in [1.29, 1.82) is 0 Å². The normalized spacial score (nSPS) is 13.8. The Balaban J connectivity index is 0.00000240. The van der Waals surface area contributed by atoms with Gasteiger partial charge in [0.25, 0.3) is 0 Å². The highest BCUT2D eigenvalue weighted by molar-refractivity contribution is 6.35. The molecule has 1 N–H and O–H groups in total. The molecule has 0 aromatic heterocycles. The number of nitrogens with one attached hydrogen (secondary N) is 1. The maximum atomic E-state index is 6.27. The van der Waals surface area contributed by atoms with Gasteiger partial charge in [-0.3, -0.25) is 4.90 Å². The van der Waals surface area contributed by atoms with Crippen molar-refractivity contribution in [2.75, 3.05) is 46.5 Å². The summed E-state index contributed by atoms with van der Waals surface area (Å²) in [6.45, 7) is 6.84. The molecule has 1 saturated heterocycles. The van der Waals surface area contributed by atoms with Gasteiger partial charge in [-0.15, -0.1) is 24.8 Å². The number of para-hydroxylation sites is 1. The van der Waals surface area contributed by atoms with Crippen LogP contribution < -0.4 is 14.8 Å². The second-order valence-corrected chi connectivity index (χ2v) is 7.80. The van der Waals surface area contributed by atoms with Crippen LogP contribution in [0, 0.1) is 0 Å². The monoisotopic (exact) mass is 510 g/mol. The molecule has 0 unspecified atom stereocenters. The van der Waals surface area contributed by atoms with Crippen LogP contribution in [0.3, 0.4) is 0 Å². The summed E-state index contributed by atoms with van der Waals surface area (Å²) in [5.74, 6) is 1.45. The predicted molar refractivity (Wildman–Crippen MR) is 132 cm³/mol. The highest BCUT2D eigenvalue weighted by Gasteiger charge is 2.13. The lowest BCUT2D eigenvalue weighted by Crippen LogP contribution is -2.37. The van der Waals surface area contributed by atoms with E-state index in [4.69, 9.17) is 37.4 Å². The minimum atomic E-state index is 0. The van der Waals surface area contributed by atoms with Gasteiger partial charge in [0.2, 0.25) is 0 Å². The molecule has 2 aromatic rings. The van der Waals surface area contributed by atoms with E-state index in [1.807, 2.05) is 24.3 Å². The van der Waals surface area contributed by atoms with Crippen molar-refractivity contribution in [3.63, 3.8) is 0 Å². The molecule has 0 saturated carbocycles. The standard InChI is InChI=1S/C22H28Cl2N2O3.2ClH/c1-27-21-5-2-4-17(15-25-8-3-9-26-10-12-28-13-11-26)22(21)29-16-18-6-7-19(23)14-20(18)24;;/h2,4-7,14,25H,3,8-13,15-16H2,1H3;2*1H. The zero-order valence-corrected chi connectivity index (χ0v) is 20.7. The van der Waals surface area contributed by atoms with Crippen LogP contribution in [0.2, 0.25) is 10.0 Å². The van der Waals surface area contributed by atoms with E-state index in [0.717, 1.165) is 62.7 Å². The quantitative estimate of drug-likeness (QED) is 0.442. The second-order valence-electron chi connectivity index (χ2n) is 6.96. The maximum absolute atomic E-state index is 6.27. The van der Waals surface area contributed by atoms with E-state index >= 15 is 0 Å². The number of hydrogen-bond donors (Lipinski definition) is 1. The Hall–Kier alpha value is -0.920. The van der Waals surface area contributed by atoms with Crippen molar-refractivity contribution in [2.24, 2.45) is 0 Å². The molecule has 2 aromatic carbocycles. The van der Waals surface area contributed by atoms with E-state index in [1.54, 1.807) is 13.2 Å². The van der Waals surface area contributed by atoms with E-state index in [0.29, 0.717) is 28.9 Å². The number of morpholine rings is 1. The first-order valence-electron chi connectivity index (χ1n) is 9.91. The molecule has 0 radical (unpaired) electrons. The molecule has 174 valence electrons. The molecule has 31 heavy (non-hydrogen) atoms. The number of methoxy groups -OCH3 is 1. The summed E-state index contributed by atoms with van der Waals surface area (Å²) >= 11 is 12.2. The van der Waals surface area contributed by atoms with Crippen molar-refractivity contribution < 1.29 is 14.2 Å². The predicted octanol–water partition coefficient (Wildman–Crippen LogP) is 5.24. The van der Waals surface area contributed by atoms with E-state index in [1.165, 1.54) is 0 Å². The number of benzene rings is 2. The molecule has 0 aliphatic carbocycles. The Morgan fingerprint density at radius 1 is 1.06 bits per heavy atom. The molecule has 0 spiro atoms. The van der Waals surface area contributed by atoms with Crippen LogP contribution in [0.1, 0.15) is 17.5 Å². The second kappa shape index (κ2) is 15.0. The first kappa shape index (κ1) is 28.1. The van der Waals surface area contributed by atoms with Gasteiger partial charge in [0.05, 0.1) is 20.3 Å². The Bertz CT molecular complexity index is 789. The van der Waals surface area contributed by atoms with Gasteiger partial charge >= 0.3 is 0 Å². The summed E-state index contributed by atoms with van der Waals surface area (Å²) in [4.78, 5) is 2.45. The van der Waals surface area contributed by atoms with Crippen molar-refractivity contribution in [1.82, 2.24) is 10.2 Å². The zero-order valence-electron chi connectivity index (χ0n) is 17.6. The minimum absolute atomic E-state index is 0. The van der Waals surface area contributed by atoms with Gasteiger partial charge < -0.3 is 19.5 Å². The fourth-order valence-electron chi connectivity index (χ4n) is 3.29. The van der Waals surface area contributed by atoms with Crippen molar-refractivity contribution in [2.45, 2.75) is 19.6 Å². The third kappa shape index (κ3) is 8.85. The Morgan fingerprint density at radius 3 is 2.55 bits per heavy atom. The summed E-state index contributed by atoms with van der Waals surface area (Å²) in [5, 5.41) is 4.72. The number of halogens is 4. The third-order valence-electron chi connectivity index (χ3n) is 4.91. The smallest absolute Gasteiger partial charge is 0.166 e. The Labute approximate surface area is 207 Å². The van der Waals surface area contributed by atoms with Crippen molar-refractivity contribution >= 4 is 48.0 Å². The Kier molecular flexibility index (Phi) is 13.6. The van der Waals surface area contributed by atoms with Gasteiger partial charge in [0, 0.05) is 40.8 Å². The van der Waals surface area contributed by atoms with E-state index in [9.17, 15) is 0 Å². The van der Waals surface area contributed by atoms with Gasteiger partial charge in [-0.1, -0.05) is 41.4 Å². The van der Waals surface area contributed by atoms with Crippen LogP contribution in [0.4, 0.5) is 0 Å². The molecule has 1 fully saturated rings. The molecule has 5 nitrogen and oxygen atoms in total. The number of nitrogens with zero attached hydrogens (tertiary/aromatic N) is 1. The summed E-state index contributed by atoms with van der Waals surface area (Å²) in [5.41, 5.74) is 1.94. The van der Waals surface area contributed by atoms with Crippen LogP contribution in [-0.4, -0.2) is 51.4 Å². The molecular formula is C22H30Cl4N2O3. The Morgan fingerprint density at radius 2 is 1.84 bits per heavy atom. The molecule has 0 bridgehead atoms. The average Bonchev–Trinajstić information content (AvgIpc) is 2.74. The molecule has 1 aliphatic rings. The summed E-state index contributed by atoms with van der Waals surface area (Å²) < 4.78 is 17.0. The van der Waals surface area contributed by atoms with E-state index in [2.05, 4.69) is 16.3 Å².